The molecule has 1 aromatic carbocycles. The average Bonchev–Trinajstić information content (AvgIpc) is 2.45. The molecule has 1 fully saturated rings. The maximum atomic E-state index is 13.5. The molecular formula is C15H16ClF3O3S. The van der Waals surface area contributed by atoms with E-state index in [1.54, 1.807) is 0 Å². The third kappa shape index (κ3) is 3.46. The van der Waals surface area contributed by atoms with Crippen molar-refractivity contribution in [1.29, 1.82) is 0 Å². The largest absolute Gasteiger partial charge is 0.416 e. The monoisotopic (exact) mass is 368 g/mol. The predicted molar refractivity (Wildman–Crippen MR) is 81.9 cm³/mol. The molecule has 0 bridgehead atoms. The Labute approximate surface area is 139 Å². The first kappa shape index (κ1) is 18.4. The number of hydrogen-bond acceptors (Lipinski definition) is 2. The lowest BCUT2D eigenvalue weighted by Gasteiger charge is -2.36. The van der Waals surface area contributed by atoms with Crippen molar-refractivity contribution >= 4 is 27.9 Å². The second-order valence-corrected chi connectivity index (χ2v) is 7.41. The van der Waals surface area contributed by atoms with Crippen LogP contribution in [0.1, 0.15) is 59.2 Å². The zero-order valence-corrected chi connectivity index (χ0v) is 13.9. The van der Waals surface area contributed by atoms with Gasteiger partial charge in [-0.05, 0) is 48.6 Å². The summed E-state index contributed by atoms with van der Waals surface area (Å²) in [5, 5.41) is -0.984. The fourth-order valence-electron chi connectivity index (χ4n) is 3.19. The van der Waals surface area contributed by atoms with Gasteiger partial charge in [0.25, 0.3) is 5.24 Å². The summed E-state index contributed by atoms with van der Waals surface area (Å²) in [5.41, 5.74) is -1.25. The van der Waals surface area contributed by atoms with Gasteiger partial charge in [-0.1, -0.05) is 25.3 Å². The normalized spacial score (nSPS) is 19.4. The maximum absolute atomic E-state index is 13.5. The molecule has 128 valence electrons. The quantitative estimate of drug-likeness (QED) is 0.617. The zero-order valence-electron chi connectivity index (χ0n) is 12.4. The molecule has 1 aliphatic carbocycles. The van der Waals surface area contributed by atoms with E-state index >= 15 is 0 Å². The van der Waals surface area contributed by atoms with Gasteiger partial charge >= 0.3 is 6.18 Å². The summed E-state index contributed by atoms with van der Waals surface area (Å²) >= 11 is 2.90. The molecule has 0 radical (unpaired) electrons. The van der Waals surface area contributed by atoms with Crippen molar-refractivity contribution in [2.24, 2.45) is 0 Å². The molecule has 2 rings (SSSR count). The summed E-state index contributed by atoms with van der Waals surface area (Å²) in [7, 11) is 0. The van der Waals surface area contributed by atoms with E-state index in [1.165, 1.54) is 13.0 Å². The molecule has 1 saturated carbocycles. The number of rotatable bonds is 3. The van der Waals surface area contributed by atoms with Gasteiger partial charge < -0.3 is 4.55 Å². The molecule has 0 aliphatic heterocycles. The lowest BCUT2D eigenvalue weighted by molar-refractivity contribution is -0.138. The fourth-order valence-corrected chi connectivity index (χ4v) is 4.39. The minimum absolute atomic E-state index is 0.201. The van der Waals surface area contributed by atoms with Crippen LogP contribution in [0.25, 0.3) is 0 Å². The van der Waals surface area contributed by atoms with Gasteiger partial charge in [0, 0.05) is 5.56 Å². The van der Waals surface area contributed by atoms with Crippen LogP contribution in [0, 0.1) is 6.92 Å². The summed E-state index contributed by atoms with van der Waals surface area (Å²) in [5.74, 6) is 0. The predicted octanol–water partition coefficient (Wildman–Crippen LogP) is 4.77. The zero-order chi connectivity index (χ0) is 17.4. The second-order valence-electron chi connectivity index (χ2n) is 5.79. The molecule has 1 aromatic rings. The number of hydrogen-bond donors (Lipinski definition) is 1. The van der Waals surface area contributed by atoms with Gasteiger partial charge in [0.2, 0.25) is 0 Å². The van der Waals surface area contributed by atoms with Crippen LogP contribution in [-0.4, -0.2) is 14.0 Å². The standard InChI is InChI=1S/C15H16ClF3O3S/c1-9-7-11(14(23(21)22)5-3-2-4-6-14)12(15(17,18)19)8-10(9)13(16)20/h7-8H,2-6H2,1H3,(H,21,22). The Morgan fingerprint density at radius 3 is 2.26 bits per heavy atom. The molecule has 1 unspecified atom stereocenters. The van der Waals surface area contributed by atoms with Crippen molar-refractivity contribution < 1.29 is 26.7 Å². The lowest BCUT2D eigenvalue weighted by atomic mass is 9.79. The molecule has 0 spiro atoms. The average molecular weight is 369 g/mol. The molecule has 1 atom stereocenters. The Bertz CT molecular complexity index is 652. The van der Waals surface area contributed by atoms with Crippen LogP contribution >= 0.6 is 11.6 Å². The summed E-state index contributed by atoms with van der Waals surface area (Å²) in [4.78, 5) is 11.3. The van der Waals surface area contributed by atoms with E-state index in [4.69, 9.17) is 11.6 Å². The van der Waals surface area contributed by atoms with Gasteiger partial charge in [0.15, 0.2) is 11.1 Å². The number of benzene rings is 1. The molecule has 0 heterocycles. The minimum atomic E-state index is -4.74. The van der Waals surface area contributed by atoms with Crippen molar-refractivity contribution in [3.05, 3.63) is 34.4 Å². The van der Waals surface area contributed by atoms with Gasteiger partial charge in [-0.2, -0.15) is 13.2 Å². The van der Waals surface area contributed by atoms with Crippen LogP contribution < -0.4 is 0 Å². The highest BCUT2D eigenvalue weighted by molar-refractivity contribution is 7.80. The Balaban J connectivity index is 2.76. The van der Waals surface area contributed by atoms with Gasteiger partial charge in [0.05, 0.1) is 10.3 Å². The van der Waals surface area contributed by atoms with Crippen molar-refractivity contribution in [2.45, 2.75) is 50.0 Å². The first-order chi connectivity index (χ1) is 10.6. The number of halogens is 4. The molecular weight excluding hydrogens is 353 g/mol. The minimum Gasteiger partial charge on any atom is -0.305 e. The highest BCUT2D eigenvalue weighted by Crippen LogP contribution is 2.47. The third-order valence-corrected chi connectivity index (χ3v) is 5.87. The number of alkyl halides is 3. The molecule has 8 heteroatoms. The van der Waals surface area contributed by atoms with Crippen LogP contribution in [0.15, 0.2) is 12.1 Å². The van der Waals surface area contributed by atoms with Crippen LogP contribution in [0.3, 0.4) is 0 Å². The van der Waals surface area contributed by atoms with Crippen molar-refractivity contribution in [1.82, 2.24) is 0 Å². The van der Waals surface area contributed by atoms with Gasteiger partial charge in [-0.3, -0.25) is 4.79 Å². The van der Waals surface area contributed by atoms with E-state index < -0.39 is 32.8 Å². The molecule has 23 heavy (non-hydrogen) atoms. The molecule has 0 amide bonds. The maximum Gasteiger partial charge on any atom is 0.416 e. The Kier molecular flexibility index (Phi) is 5.23. The molecule has 3 nitrogen and oxygen atoms in total. The van der Waals surface area contributed by atoms with Gasteiger partial charge in [-0.15, -0.1) is 0 Å². The lowest BCUT2D eigenvalue weighted by Crippen LogP contribution is -2.36. The topological polar surface area (TPSA) is 54.4 Å². The van der Waals surface area contributed by atoms with Gasteiger partial charge in [0.1, 0.15) is 0 Å². The molecule has 1 N–H and O–H groups in total. The first-order valence-electron chi connectivity index (χ1n) is 7.13. The van der Waals surface area contributed by atoms with Crippen molar-refractivity contribution in [3.63, 3.8) is 0 Å². The van der Waals surface area contributed by atoms with E-state index in [1.807, 2.05) is 0 Å². The second kappa shape index (κ2) is 6.53. The number of carbonyl (C=O) groups excluding carboxylic acids is 1. The van der Waals surface area contributed by atoms with E-state index in [0.29, 0.717) is 18.9 Å². The van der Waals surface area contributed by atoms with E-state index in [-0.39, 0.29) is 29.5 Å². The Morgan fingerprint density at radius 2 is 1.83 bits per heavy atom. The molecule has 1 aliphatic rings. The summed E-state index contributed by atoms with van der Waals surface area (Å²) in [6.45, 7) is 1.47. The summed E-state index contributed by atoms with van der Waals surface area (Å²) in [6.07, 6.45) is -2.36. The highest BCUT2D eigenvalue weighted by atomic mass is 35.5. The van der Waals surface area contributed by atoms with Crippen LogP contribution in [0.4, 0.5) is 13.2 Å². The Hall–Kier alpha value is -0.920. The molecule has 0 saturated heterocycles. The van der Waals surface area contributed by atoms with E-state index in [9.17, 15) is 26.7 Å². The van der Waals surface area contributed by atoms with Crippen molar-refractivity contribution in [2.75, 3.05) is 0 Å². The molecule has 0 aromatic heterocycles. The first-order valence-corrected chi connectivity index (χ1v) is 8.61. The smallest absolute Gasteiger partial charge is 0.305 e. The van der Waals surface area contributed by atoms with Crippen LogP contribution in [0.5, 0.6) is 0 Å². The van der Waals surface area contributed by atoms with Crippen molar-refractivity contribution in [3.8, 4) is 0 Å². The number of aryl methyl sites for hydroxylation is 1. The highest BCUT2D eigenvalue weighted by Gasteiger charge is 2.46. The SMILES string of the molecule is Cc1cc(C2(S(=O)O)CCCCC2)c(C(F)(F)F)cc1C(=O)Cl. The van der Waals surface area contributed by atoms with Crippen LogP contribution in [0.2, 0.25) is 0 Å². The summed E-state index contributed by atoms with van der Waals surface area (Å²) < 4.78 is 60.7. The fraction of sp³-hybridized carbons (Fsp3) is 0.533. The summed E-state index contributed by atoms with van der Waals surface area (Å²) in [6, 6.07) is 1.89. The van der Waals surface area contributed by atoms with Crippen LogP contribution in [-0.2, 0) is 22.0 Å². The van der Waals surface area contributed by atoms with E-state index in [2.05, 4.69) is 0 Å². The Morgan fingerprint density at radius 1 is 1.26 bits per heavy atom. The third-order valence-electron chi connectivity index (χ3n) is 4.37. The van der Waals surface area contributed by atoms with E-state index in [0.717, 1.165) is 6.42 Å². The van der Waals surface area contributed by atoms with Gasteiger partial charge in [-0.25, -0.2) is 4.21 Å². The number of carbonyl (C=O) groups is 1.